The van der Waals surface area contributed by atoms with Crippen molar-refractivity contribution in [3.8, 4) is 0 Å². The van der Waals surface area contributed by atoms with Crippen LogP contribution in [0.3, 0.4) is 0 Å². The second-order valence-electron chi connectivity index (χ2n) is 7.32. The number of ether oxygens (including phenoxy) is 1. The lowest BCUT2D eigenvalue weighted by atomic mass is 10.1. The summed E-state index contributed by atoms with van der Waals surface area (Å²) in [4.78, 5) is 12.7. The molecule has 0 aliphatic carbocycles. The highest BCUT2D eigenvalue weighted by Gasteiger charge is 2.26. The first-order valence-corrected chi connectivity index (χ1v) is 11.3. The van der Waals surface area contributed by atoms with Crippen molar-refractivity contribution < 1.29 is 17.9 Å². The molecule has 1 aromatic rings. The Balaban J connectivity index is 2.07. The highest BCUT2D eigenvalue weighted by molar-refractivity contribution is 7.89. The fourth-order valence-corrected chi connectivity index (χ4v) is 4.67. The van der Waals surface area contributed by atoms with Crippen molar-refractivity contribution in [2.24, 2.45) is 0 Å². The summed E-state index contributed by atoms with van der Waals surface area (Å²) in [5, 5.41) is 2.85. The molecule has 1 amide bonds. The second kappa shape index (κ2) is 10.2. The van der Waals surface area contributed by atoms with Crippen molar-refractivity contribution in [2.45, 2.75) is 63.9 Å². The van der Waals surface area contributed by atoms with Crippen molar-refractivity contribution in [3.63, 3.8) is 0 Å². The van der Waals surface area contributed by atoms with E-state index in [0.29, 0.717) is 38.2 Å². The first-order chi connectivity index (χ1) is 12.8. The normalized spacial score (nSPS) is 16.3. The molecule has 1 aliphatic rings. The van der Waals surface area contributed by atoms with Crippen LogP contribution in [0.2, 0.25) is 0 Å². The molecule has 152 valence electrons. The van der Waals surface area contributed by atoms with Crippen LogP contribution in [0, 0.1) is 6.92 Å². The van der Waals surface area contributed by atoms with Crippen molar-refractivity contribution >= 4 is 15.9 Å². The molecule has 0 spiro atoms. The summed E-state index contributed by atoms with van der Waals surface area (Å²) in [5.41, 5.74) is 1.18. The number of rotatable bonds is 8. The Bertz CT molecular complexity index is 723. The maximum absolute atomic E-state index is 13.0. The number of aryl methyl sites for hydroxylation is 1. The third-order valence-corrected chi connectivity index (χ3v) is 6.61. The smallest absolute Gasteiger partial charge is 0.251 e. The van der Waals surface area contributed by atoms with Gasteiger partial charge in [0.2, 0.25) is 10.0 Å². The van der Waals surface area contributed by atoms with E-state index in [-0.39, 0.29) is 16.9 Å². The van der Waals surface area contributed by atoms with Crippen molar-refractivity contribution in [1.82, 2.24) is 9.62 Å². The van der Waals surface area contributed by atoms with Gasteiger partial charge < -0.3 is 10.1 Å². The van der Waals surface area contributed by atoms with Gasteiger partial charge >= 0.3 is 0 Å². The van der Waals surface area contributed by atoms with E-state index in [4.69, 9.17) is 4.74 Å². The number of carbonyl (C=O) groups excluding carboxylic acids is 1. The predicted octanol–water partition coefficient (Wildman–Crippen LogP) is 3.10. The lowest BCUT2D eigenvalue weighted by Gasteiger charge is -2.20. The van der Waals surface area contributed by atoms with Crippen LogP contribution in [0.5, 0.6) is 0 Å². The Hall–Kier alpha value is -1.44. The molecular formula is C20H32N2O4S. The third kappa shape index (κ3) is 6.30. The van der Waals surface area contributed by atoms with Gasteiger partial charge in [0.25, 0.3) is 5.91 Å². The molecule has 1 N–H and O–H groups in total. The Morgan fingerprint density at radius 3 is 2.48 bits per heavy atom. The van der Waals surface area contributed by atoms with Crippen LogP contribution in [0.1, 0.15) is 61.9 Å². The molecule has 1 aliphatic heterocycles. The van der Waals surface area contributed by atoms with Gasteiger partial charge in [-0.3, -0.25) is 4.79 Å². The van der Waals surface area contributed by atoms with Gasteiger partial charge in [0.05, 0.1) is 11.0 Å². The molecular weight excluding hydrogens is 364 g/mol. The molecule has 0 aromatic heterocycles. The van der Waals surface area contributed by atoms with E-state index in [1.165, 1.54) is 6.07 Å². The number of hydrogen-bond donors (Lipinski definition) is 1. The number of nitrogens with zero attached hydrogens (tertiary/aromatic N) is 1. The molecule has 7 heteroatoms. The molecule has 1 aromatic carbocycles. The number of hydrogen-bond acceptors (Lipinski definition) is 4. The minimum atomic E-state index is -3.56. The molecule has 1 heterocycles. The summed E-state index contributed by atoms with van der Waals surface area (Å²) in [7, 11) is -3.56. The van der Waals surface area contributed by atoms with E-state index in [9.17, 15) is 13.2 Å². The molecule has 0 unspecified atom stereocenters. The molecule has 0 bridgehead atoms. The summed E-state index contributed by atoms with van der Waals surface area (Å²) in [5.74, 6) is -0.245. The maximum atomic E-state index is 13.0. The quantitative estimate of drug-likeness (QED) is 0.685. The second-order valence-corrected chi connectivity index (χ2v) is 9.26. The number of sulfonamides is 1. The van der Waals surface area contributed by atoms with Gasteiger partial charge in [-0.25, -0.2) is 8.42 Å². The van der Waals surface area contributed by atoms with E-state index in [1.807, 2.05) is 20.8 Å². The molecule has 0 radical (unpaired) electrons. The number of carbonyl (C=O) groups is 1. The zero-order valence-electron chi connectivity index (χ0n) is 16.7. The van der Waals surface area contributed by atoms with Crippen molar-refractivity contribution in [2.75, 3.05) is 26.2 Å². The maximum Gasteiger partial charge on any atom is 0.251 e. The number of nitrogens with one attached hydrogen (secondary N) is 1. The average molecular weight is 397 g/mol. The molecule has 2 rings (SSSR count). The molecule has 1 saturated heterocycles. The number of amides is 1. The van der Waals surface area contributed by atoms with Gasteiger partial charge in [-0.05, 0) is 57.7 Å². The Labute approximate surface area is 163 Å². The Morgan fingerprint density at radius 2 is 1.85 bits per heavy atom. The largest absolute Gasteiger partial charge is 0.379 e. The van der Waals surface area contributed by atoms with Gasteiger partial charge in [-0.1, -0.05) is 18.9 Å². The topological polar surface area (TPSA) is 75.7 Å². The van der Waals surface area contributed by atoms with Crippen LogP contribution in [0.15, 0.2) is 23.1 Å². The Morgan fingerprint density at radius 1 is 1.19 bits per heavy atom. The lowest BCUT2D eigenvalue weighted by molar-refractivity contribution is 0.0757. The fourth-order valence-electron chi connectivity index (χ4n) is 3.13. The lowest BCUT2D eigenvalue weighted by Crippen LogP contribution is -2.32. The molecule has 0 saturated carbocycles. The van der Waals surface area contributed by atoms with Gasteiger partial charge in [-0.15, -0.1) is 0 Å². The van der Waals surface area contributed by atoms with Crippen LogP contribution in [0.25, 0.3) is 0 Å². The van der Waals surface area contributed by atoms with E-state index >= 15 is 0 Å². The summed E-state index contributed by atoms with van der Waals surface area (Å²) in [6, 6.07) is 4.82. The van der Waals surface area contributed by atoms with Crippen LogP contribution >= 0.6 is 0 Å². The predicted molar refractivity (Wildman–Crippen MR) is 106 cm³/mol. The highest BCUT2D eigenvalue weighted by Crippen LogP contribution is 2.22. The molecule has 6 nitrogen and oxygen atoms in total. The van der Waals surface area contributed by atoms with Crippen LogP contribution in [-0.4, -0.2) is 51.0 Å². The van der Waals surface area contributed by atoms with Gasteiger partial charge in [0, 0.05) is 31.8 Å². The summed E-state index contributed by atoms with van der Waals surface area (Å²) in [6.07, 6.45) is 4.79. The first kappa shape index (κ1) is 21.9. The van der Waals surface area contributed by atoms with Crippen molar-refractivity contribution in [3.05, 3.63) is 29.3 Å². The monoisotopic (exact) mass is 396 g/mol. The highest BCUT2D eigenvalue weighted by atomic mass is 32.2. The van der Waals surface area contributed by atoms with Crippen LogP contribution in [-0.2, 0) is 14.8 Å². The number of benzene rings is 1. The zero-order chi connectivity index (χ0) is 19.9. The summed E-state index contributed by atoms with van der Waals surface area (Å²) >= 11 is 0. The van der Waals surface area contributed by atoms with Gasteiger partial charge in [-0.2, -0.15) is 4.31 Å². The molecule has 0 atom stereocenters. The minimum absolute atomic E-state index is 0.170. The van der Waals surface area contributed by atoms with E-state index in [1.54, 1.807) is 16.4 Å². The van der Waals surface area contributed by atoms with E-state index in [0.717, 1.165) is 31.2 Å². The van der Waals surface area contributed by atoms with Crippen LogP contribution < -0.4 is 5.32 Å². The van der Waals surface area contributed by atoms with E-state index < -0.39 is 10.0 Å². The average Bonchev–Trinajstić information content (AvgIpc) is 2.91. The summed E-state index contributed by atoms with van der Waals surface area (Å²) in [6.45, 7) is 7.94. The van der Waals surface area contributed by atoms with Crippen molar-refractivity contribution in [1.29, 1.82) is 0 Å². The standard InChI is InChI=1S/C20H32N2O4S/c1-16(2)26-14-8-11-21-20(23)19-15-18(10-9-17(19)3)27(24,25)22-12-6-4-5-7-13-22/h9-10,15-16H,4-8,11-14H2,1-3H3,(H,21,23). The van der Waals surface area contributed by atoms with E-state index in [2.05, 4.69) is 5.32 Å². The summed E-state index contributed by atoms with van der Waals surface area (Å²) < 4.78 is 32.9. The minimum Gasteiger partial charge on any atom is -0.379 e. The van der Waals surface area contributed by atoms with Gasteiger partial charge in [0.1, 0.15) is 0 Å². The molecule has 27 heavy (non-hydrogen) atoms. The third-order valence-electron chi connectivity index (χ3n) is 4.71. The van der Waals surface area contributed by atoms with Crippen LogP contribution in [0.4, 0.5) is 0 Å². The SMILES string of the molecule is Cc1ccc(S(=O)(=O)N2CCCCCC2)cc1C(=O)NCCCOC(C)C. The zero-order valence-corrected chi connectivity index (χ0v) is 17.5. The first-order valence-electron chi connectivity index (χ1n) is 9.83. The fraction of sp³-hybridized carbons (Fsp3) is 0.650. The Kier molecular flexibility index (Phi) is 8.26. The molecule has 1 fully saturated rings. The van der Waals surface area contributed by atoms with Gasteiger partial charge in [0.15, 0.2) is 0 Å².